The van der Waals surface area contributed by atoms with Crippen molar-refractivity contribution in [3.05, 3.63) is 48.0 Å². The Balaban J connectivity index is 1.78. The van der Waals surface area contributed by atoms with Gasteiger partial charge in [-0.1, -0.05) is 6.07 Å². The molecule has 1 aliphatic carbocycles. The average Bonchev–Trinajstić information content (AvgIpc) is 3.24. The number of hydrogen-bond acceptors (Lipinski definition) is 4. The van der Waals surface area contributed by atoms with Crippen LogP contribution in [-0.2, 0) is 6.18 Å². The second kappa shape index (κ2) is 6.96. The number of carbonyl (C=O) groups is 1. The van der Waals surface area contributed by atoms with E-state index in [0.717, 1.165) is 12.3 Å². The van der Waals surface area contributed by atoms with Gasteiger partial charge >= 0.3 is 6.18 Å². The molecule has 1 amide bonds. The molecule has 2 atom stereocenters. The Morgan fingerprint density at radius 1 is 1.30 bits per heavy atom. The fourth-order valence-corrected chi connectivity index (χ4v) is 3.81. The molecule has 2 unspecified atom stereocenters. The summed E-state index contributed by atoms with van der Waals surface area (Å²) in [5.41, 5.74) is 4.96. The van der Waals surface area contributed by atoms with Crippen molar-refractivity contribution in [3.8, 4) is 11.1 Å². The number of aromatic nitrogens is 3. The third-order valence-corrected chi connectivity index (χ3v) is 5.49. The van der Waals surface area contributed by atoms with E-state index in [0.29, 0.717) is 41.6 Å². The SMILES string of the molecule is CC1(F)CCCC1Nc1c(C(N)=O)cnn2cc(-c3ccc(C(F)(F)F)nc3)cc12. The largest absolute Gasteiger partial charge is 0.433 e. The van der Waals surface area contributed by atoms with E-state index in [2.05, 4.69) is 15.4 Å². The first-order valence-electron chi connectivity index (χ1n) is 9.36. The van der Waals surface area contributed by atoms with Crippen LogP contribution in [0, 0.1) is 0 Å². The molecule has 1 fully saturated rings. The van der Waals surface area contributed by atoms with Crippen molar-refractivity contribution in [2.75, 3.05) is 5.32 Å². The van der Waals surface area contributed by atoms with Gasteiger partial charge in [-0.25, -0.2) is 8.91 Å². The average molecular weight is 421 g/mol. The molecule has 0 aliphatic heterocycles. The van der Waals surface area contributed by atoms with Crippen LogP contribution in [-0.4, -0.2) is 32.2 Å². The summed E-state index contributed by atoms with van der Waals surface area (Å²) in [6.45, 7) is 1.51. The topological polar surface area (TPSA) is 85.3 Å². The number of hydrogen-bond donors (Lipinski definition) is 2. The fraction of sp³-hybridized carbons (Fsp3) is 0.350. The zero-order chi connectivity index (χ0) is 21.7. The minimum absolute atomic E-state index is 0.111. The van der Waals surface area contributed by atoms with Crippen LogP contribution in [0.5, 0.6) is 0 Å². The predicted molar refractivity (Wildman–Crippen MR) is 103 cm³/mol. The molecule has 30 heavy (non-hydrogen) atoms. The van der Waals surface area contributed by atoms with Gasteiger partial charge in [0.2, 0.25) is 0 Å². The second-order valence-corrected chi connectivity index (χ2v) is 7.65. The molecule has 0 spiro atoms. The Kier molecular flexibility index (Phi) is 4.67. The van der Waals surface area contributed by atoms with E-state index >= 15 is 0 Å². The quantitative estimate of drug-likeness (QED) is 0.618. The lowest BCUT2D eigenvalue weighted by Crippen LogP contribution is -2.36. The lowest BCUT2D eigenvalue weighted by molar-refractivity contribution is -0.141. The van der Waals surface area contributed by atoms with Gasteiger partial charge in [0.05, 0.1) is 29.0 Å². The van der Waals surface area contributed by atoms with Crippen LogP contribution in [0.25, 0.3) is 16.6 Å². The summed E-state index contributed by atoms with van der Waals surface area (Å²) in [4.78, 5) is 15.4. The molecule has 6 nitrogen and oxygen atoms in total. The van der Waals surface area contributed by atoms with Crippen molar-refractivity contribution in [1.82, 2.24) is 14.6 Å². The maximum atomic E-state index is 14.8. The van der Waals surface area contributed by atoms with Crippen LogP contribution >= 0.6 is 0 Å². The van der Waals surface area contributed by atoms with Crippen LogP contribution in [0.4, 0.5) is 23.2 Å². The standard InChI is InChI=1S/C20H19F4N5O/c1-19(21)6-2-3-15(19)28-17-13(18(25)30)9-27-29-10-12(7-14(17)29)11-4-5-16(26-8-11)20(22,23)24/h4-5,7-10,15,28H,2-3,6H2,1H3,(H2,25,30). The van der Waals surface area contributed by atoms with E-state index < -0.39 is 29.5 Å². The Bertz CT molecular complexity index is 1100. The van der Waals surface area contributed by atoms with Gasteiger partial charge in [-0.05, 0) is 38.3 Å². The smallest absolute Gasteiger partial charge is 0.377 e. The minimum atomic E-state index is -4.53. The number of nitrogens with zero attached hydrogens (tertiary/aromatic N) is 3. The molecule has 1 saturated carbocycles. The molecule has 158 valence electrons. The van der Waals surface area contributed by atoms with E-state index in [1.807, 2.05) is 0 Å². The first-order chi connectivity index (χ1) is 14.1. The Morgan fingerprint density at radius 2 is 2.07 bits per heavy atom. The molecule has 4 rings (SSSR count). The predicted octanol–water partition coefficient (Wildman–Crippen LogP) is 4.21. The van der Waals surface area contributed by atoms with Gasteiger partial charge in [-0.15, -0.1) is 0 Å². The number of amides is 1. The summed E-state index contributed by atoms with van der Waals surface area (Å²) in [5, 5.41) is 7.28. The van der Waals surface area contributed by atoms with Crippen molar-refractivity contribution >= 4 is 17.1 Å². The van der Waals surface area contributed by atoms with E-state index in [4.69, 9.17) is 5.73 Å². The highest BCUT2D eigenvalue weighted by Gasteiger charge is 2.39. The van der Waals surface area contributed by atoms with E-state index in [9.17, 15) is 22.4 Å². The van der Waals surface area contributed by atoms with Crippen molar-refractivity contribution in [2.24, 2.45) is 5.73 Å². The van der Waals surface area contributed by atoms with Gasteiger partial charge in [0.1, 0.15) is 11.4 Å². The highest BCUT2D eigenvalue weighted by molar-refractivity contribution is 6.02. The van der Waals surface area contributed by atoms with E-state index in [-0.39, 0.29) is 5.56 Å². The van der Waals surface area contributed by atoms with Crippen molar-refractivity contribution in [2.45, 2.75) is 44.1 Å². The Morgan fingerprint density at radius 3 is 2.63 bits per heavy atom. The molecule has 10 heteroatoms. The van der Waals surface area contributed by atoms with Gasteiger partial charge in [0, 0.05) is 23.5 Å². The zero-order valence-corrected chi connectivity index (χ0v) is 16.0. The van der Waals surface area contributed by atoms with Crippen LogP contribution in [0.2, 0.25) is 0 Å². The van der Waals surface area contributed by atoms with Crippen molar-refractivity contribution in [1.29, 1.82) is 0 Å². The number of rotatable bonds is 4. The van der Waals surface area contributed by atoms with Crippen LogP contribution in [0.1, 0.15) is 42.2 Å². The summed E-state index contributed by atoms with van der Waals surface area (Å²) in [7, 11) is 0. The minimum Gasteiger partial charge on any atom is -0.377 e. The summed E-state index contributed by atoms with van der Waals surface area (Å²) in [5.74, 6) is -0.718. The summed E-state index contributed by atoms with van der Waals surface area (Å²) in [6.07, 6.45) is 1.18. The highest BCUT2D eigenvalue weighted by atomic mass is 19.4. The third-order valence-electron chi connectivity index (χ3n) is 5.49. The molecular weight excluding hydrogens is 402 g/mol. The van der Waals surface area contributed by atoms with Crippen molar-refractivity contribution < 1.29 is 22.4 Å². The summed E-state index contributed by atoms with van der Waals surface area (Å²) < 4.78 is 54.5. The maximum absolute atomic E-state index is 14.8. The van der Waals surface area contributed by atoms with Gasteiger partial charge < -0.3 is 11.1 Å². The number of carbonyl (C=O) groups excluding carboxylic acids is 1. The molecule has 3 aromatic heterocycles. The monoisotopic (exact) mass is 421 g/mol. The summed E-state index contributed by atoms with van der Waals surface area (Å²) >= 11 is 0. The van der Waals surface area contributed by atoms with E-state index in [1.165, 1.54) is 23.7 Å². The lowest BCUT2D eigenvalue weighted by atomic mass is 10.0. The van der Waals surface area contributed by atoms with Crippen molar-refractivity contribution in [3.63, 3.8) is 0 Å². The zero-order valence-electron chi connectivity index (χ0n) is 16.0. The van der Waals surface area contributed by atoms with Gasteiger partial charge in [0.25, 0.3) is 5.91 Å². The number of alkyl halides is 4. The lowest BCUT2D eigenvalue weighted by Gasteiger charge is -2.26. The van der Waals surface area contributed by atoms with E-state index in [1.54, 1.807) is 12.3 Å². The van der Waals surface area contributed by atoms with Crippen LogP contribution in [0.15, 0.2) is 36.8 Å². The van der Waals surface area contributed by atoms with Gasteiger partial charge in [-0.3, -0.25) is 9.78 Å². The third kappa shape index (κ3) is 3.57. The number of fused-ring (bicyclic) bond motifs is 1. The summed E-state index contributed by atoms with van der Waals surface area (Å²) in [6, 6.07) is 3.35. The first-order valence-corrected chi connectivity index (χ1v) is 9.36. The maximum Gasteiger partial charge on any atom is 0.433 e. The molecule has 0 saturated heterocycles. The second-order valence-electron chi connectivity index (χ2n) is 7.65. The molecular formula is C20H19F4N5O. The first kappa shape index (κ1) is 20.1. The highest BCUT2D eigenvalue weighted by Crippen LogP contribution is 2.37. The Hall–Kier alpha value is -3.17. The molecule has 0 radical (unpaired) electrons. The number of nitrogens with two attached hydrogens (primary N) is 1. The van der Waals surface area contributed by atoms with Crippen LogP contribution < -0.4 is 11.1 Å². The molecule has 3 aromatic rings. The van der Waals surface area contributed by atoms with Gasteiger partial charge in [-0.2, -0.15) is 18.3 Å². The number of anilines is 1. The Labute approximate surface area is 169 Å². The molecule has 0 aromatic carbocycles. The van der Waals surface area contributed by atoms with Crippen LogP contribution in [0.3, 0.4) is 0 Å². The number of pyridine rings is 1. The fourth-order valence-electron chi connectivity index (χ4n) is 3.81. The molecule has 0 bridgehead atoms. The normalized spacial score (nSPS) is 21.8. The number of primary amides is 1. The number of nitrogens with one attached hydrogen (secondary N) is 1. The molecule has 1 aliphatic rings. The number of halogens is 4. The molecule has 3 N–H and O–H groups in total. The molecule has 3 heterocycles. The van der Waals surface area contributed by atoms with Gasteiger partial charge in [0.15, 0.2) is 0 Å².